The highest BCUT2D eigenvalue weighted by atomic mass is 16.6. The summed E-state index contributed by atoms with van der Waals surface area (Å²) in [4.78, 5) is 25.9. The lowest BCUT2D eigenvalue weighted by atomic mass is 10.1. The van der Waals surface area contributed by atoms with Crippen molar-refractivity contribution in [3.63, 3.8) is 0 Å². The summed E-state index contributed by atoms with van der Waals surface area (Å²) >= 11 is 0. The Hall–Kier alpha value is -2.96. The molecule has 2 aromatic rings. The normalized spacial score (nSPS) is 13.1. The minimum atomic E-state index is -0.497. The number of carbonyl (C=O) groups excluding carboxylic acids is 1. The standard InChI is InChI=1S/C13H9N3O4/c17-11-7-20-13-8(3-1-4-9(13)15-11)12-10(16(18)19)5-2-6-14-12/h1-6H,7H2,(H,15,17). The lowest BCUT2D eigenvalue weighted by molar-refractivity contribution is -0.384. The molecule has 0 radical (unpaired) electrons. The zero-order valence-corrected chi connectivity index (χ0v) is 10.2. The van der Waals surface area contributed by atoms with Gasteiger partial charge in [0.1, 0.15) is 0 Å². The van der Waals surface area contributed by atoms with Crippen LogP contribution in [0.4, 0.5) is 11.4 Å². The number of hydrogen-bond acceptors (Lipinski definition) is 5. The molecular formula is C13H9N3O4. The molecule has 20 heavy (non-hydrogen) atoms. The number of fused-ring (bicyclic) bond motifs is 1. The van der Waals surface area contributed by atoms with Crippen LogP contribution in [0.15, 0.2) is 36.5 Å². The summed E-state index contributed by atoms with van der Waals surface area (Å²) in [6, 6.07) is 7.90. The second-order valence-electron chi connectivity index (χ2n) is 4.15. The van der Waals surface area contributed by atoms with Crippen molar-refractivity contribution >= 4 is 17.3 Å². The van der Waals surface area contributed by atoms with Crippen molar-refractivity contribution in [1.29, 1.82) is 0 Å². The number of pyridine rings is 1. The van der Waals surface area contributed by atoms with Gasteiger partial charge >= 0.3 is 0 Å². The van der Waals surface area contributed by atoms with Crippen molar-refractivity contribution in [2.45, 2.75) is 0 Å². The van der Waals surface area contributed by atoms with Gasteiger partial charge in [-0.25, -0.2) is 4.98 Å². The van der Waals surface area contributed by atoms with Gasteiger partial charge in [0.25, 0.3) is 11.6 Å². The number of carbonyl (C=O) groups is 1. The lowest BCUT2D eigenvalue weighted by Gasteiger charge is -2.20. The Morgan fingerprint density at radius 1 is 1.30 bits per heavy atom. The molecule has 0 saturated heterocycles. The smallest absolute Gasteiger partial charge is 0.295 e. The van der Waals surface area contributed by atoms with Crippen LogP contribution in [0.1, 0.15) is 0 Å². The average molecular weight is 271 g/mol. The van der Waals surface area contributed by atoms with Gasteiger partial charge in [0.15, 0.2) is 18.1 Å². The molecule has 0 fully saturated rings. The number of hydrogen-bond donors (Lipinski definition) is 1. The number of nitrogens with one attached hydrogen (secondary N) is 1. The maximum atomic E-state index is 11.3. The molecule has 0 aliphatic carbocycles. The maximum Gasteiger partial charge on any atom is 0.295 e. The lowest BCUT2D eigenvalue weighted by Crippen LogP contribution is -2.25. The number of ether oxygens (including phenoxy) is 1. The fraction of sp³-hybridized carbons (Fsp3) is 0.0769. The van der Waals surface area contributed by atoms with Gasteiger partial charge in [-0.05, 0) is 18.2 Å². The Balaban J connectivity index is 2.19. The summed E-state index contributed by atoms with van der Waals surface area (Å²) in [6.45, 7) is -0.120. The summed E-state index contributed by atoms with van der Waals surface area (Å²) in [6.07, 6.45) is 1.48. The Kier molecular flexibility index (Phi) is 2.79. The Labute approximate surface area is 113 Å². The topological polar surface area (TPSA) is 94.4 Å². The molecule has 100 valence electrons. The third kappa shape index (κ3) is 1.95. The number of benzene rings is 1. The Morgan fingerprint density at radius 2 is 2.15 bits per heavy atom. The first-order valence-corrected chi connectivity index (χ1v) is 5.82. The van der Waals surface area contributed by atoms with Gasteiger partial charge in [0.05, 0.1) is 16.2 Å². The van der Waals surface area contributed by atoms with E-state index in [9.17, 15) is 14.9 Å². The summed E-state index contributed by atoms with van der Waals surface area (Å²) in [5, 5.41) is 13.7. The van der Waals surface area contributed by atoms with Crippen LogP contribution in [0.3, 0.4) is 0 Å². The SMILES string of the molecule is O=C1COc2c(cccc2-c2ncccc2[N+](=O)[O-])N1. The van der Waals surface area contributed by atoms with E-state index in [0.29, 0.717) is 17.0 Å². The summed E-state index contributed by atoms with van der Waals surface area (Å²) in [5.41, 5.74) is 1.07. The van der Waals surface area contributed by atoms with E-state index in [1.807, 2.05) is 0 Å². The molecule has 7 heteroatoms. The highest BCUT2D eigenvalue weighted by Gasteiger charge is 2.24. The molecule has 1 amide bonds. The predicted molar refractivity (Wildman–Crippen MR) is 70.5 cm³/mol. The molecular weight excluding hydrogens is 262 g/mol. The van der Waals surface area contributed by atoms with Crippen molar-refractivity contribution in [2.75, 3.05) is 11.9 Å². The quantitative estimate of drug-likeness (QED) is 0.665. The number of anilines is 1. The Bertz CT molecular complexity index is 715. The molecule has 2 heterocycles. The maximum absolute atomic E-state index is 11.3. The van der Waals surface area contributed by atoms with Crippen LogP contribution in [-0.2, 0) is 4.79 Å². The van der Waals surface area contributed by atoms with Crippen molar-refractivity contribution in [2.24, 2.45) is 0 Å². The van der Waals surface area contributed by atoms with Gasteiger partial charge in [-0.2, -0.15) is 0 Å². The van der Waals surface area contributed by atoms with E-state index in [1.54, 1.807) is 18.2 Å². The fourth-order valence-electron chi connectivity index (χ4n) is 2.05. The number of nitro groups is 1. The largest absolute Gasteiger partial charge is 0.481 e. The molecule has 1 aliphatic rings. The van der Waals surface area contributed by atoms with Gasteiger partial charge in [-0.3, -0.25) is 14.9 Å². The average Bonchev–Trinajstić information content (AvgIpc) is 2.46. The van der Waals surface area contributed by atoms with Crippen LogP contribution in [0.2, 0.25) is 0 Å². The van der Waals surface area contributed by atoms with Gasteiger partial charge in [-0.15, -0.1) is 0 Å². The Morgan fingerprint density at radius 3 is 2.95 bits per heavy atom. The zero-order chi connectivity index (χ0) is 14.1. The van der Waals surface area contributed by atoms with Gasteiger partial charge < -0.3 is 10.1 Å². The first kappa shape index (κ1) is 12.1. The van der Waals surface area contributed by atoms with E-state index in [-0.39, 0.29) is 23.9 Å². The molecule has 0 spiro atoms. The van der Waals surface area contributed by atoms with Crippen molar-refractivity contribution < 1.29 is 14.5 Å². The van der Waals surface area contributed by atoms with Gasteiger partial charge in [-0.1, -0.05) is 6.07 Å². The van der Waals surface area contributed by atoms with Crippen molar-refractivity contribution in [3.05, 3.63) is 46.6 Å². The van der Waals surface area contributed by atoms with E-state index in [1.165, 1.54) is 18.3 Å². The minimum absolute atomic E-state index is 0.110. The summed E-state index contributed by atoms with van der Waals surface area (Å²) in [7, 11) is 0. The number of amides is 1. The number of aromatic nitrogens is 1. The molecule has 1 aromatic carbocycles. The number of nitrogens with zero attached hydrogens (tertiary/aromatic N) is 2. The molecule has 0 saturated carbocycles. The first-order valence-electron chi connectivity index (χ1n) is 5.82. The molecule has 1 aromatic heterocycles. The highest BCUT2D eigenvalue weighted by Crippen LogP contribution is 2.40. The van der Waals surface area contributed by atoms with E-state index in [4.69, 9.17) is 4.74 Å². The van der Waals surface area contributed by atoms with Crippen LogP contribution in [0.5, 0.6) is 5.75 Å². The summed E-state index contributed by atoms with van der Waals surface area (Å²) in [5.74, 6) is 0.138. The highest BCUT2D eigenvalue weighted by molar-refractivity contribution is 5.97. The number of rotatable bonds is 2. The molecule has 0 atom stereocenters. The molecule has 7 nitrogen and oxygen atoms in total. The summed E-state index contributed by atoms with van der Waals surface area (Å²) < 4.78 is 5.38. The monoisotopic (exact) mass is 271 g/mol. The minimum Gasteiger partial charge on any atom is -0.481 e. The van der Waals surface area contributed by atoms with Crippen LogP contribution in [-0.4, -0.2) is 22.4 Å². The van der Waals surface area contributed by atoms with Crippen LogP contribution in [0, 0.1) is 10.1 Å². The third-order valence-electron chi connectivity index (χ3n) is 2.87. The van der Waals surface area contributed by atoms with Gasteiger partial charge in [0, 0.05) is 12.3 Å². The number of para-hydroxylation sites is 1. The van der Waals surface area contributed by atoms with E-state index in [2.05, 4.69) is 10.3 Å². The van der Waals surface area contributed by atoms with E-state index in [0.717, 1.165) is 0 Å². The fourth-order valence-corrected chi connectivity index (χ4v) is 2.05. The molecule has 1 N–H and O–H groups in total. The third-order valence-corrected chi connectivity index (χ3v) is 2.87. The zero-order valence-electron chi connectivity index (χ0n) is 10.2. The van der Waals surface area contributed by atoms with Crippen LogP contribution in [0.25, 0.3) is 11.3 Å². The van der Waals surface area contributed by atoms with Crippen molar-refractivity contribution in [1.82, 2.24) is 4.98 Å². The van der Waals surface area contributed by atoms with Gasteiger partial charge in [0.2, 0.25) is 0 Å². The van der Waals surface area contributed by atoms with Crippen LogP contribution >= 0.6 is 0 Å². The molecule has 3 rings (SSSR count). The van der Waals surface area contributed by atoms with Crippen LogP contribution < -0.4 is 10.1 Å². The van der Waals surface area contributed by atoms with E-state index >= 15 is 0 Å². The first-order chi connectivity index (χ1) is 9.66. The molecule has 1 aliphatic heterocycles. The second kappa shape index (κ2) is 4.61. The van der Waals surface area contributed by atoms with E-state index < -0.39 is 4.92 Å². The van der Waals surface area contributed by atoms with Crippen molar-refractivity contribution in [3.8, 4) is 17.0 Å². The second-order valence-corrected chi connectivity index (χ2v) is 4.15. The molecule has 0 unspecified atom stereocenters. The predicted octanol–water partition coefficient (Wildman–Crippen LogP) is 1.99. The molecule has 0 bridgehead atoms.